The van der Waals surface area contributed by atoms with Gasteiger partial charge >= 0.3 is 11.9 Å². The van der Waals surface area contributed by atoms with Gasteiger partial charge in [0.2, 0.25) is 0 Å². The van der Waals surface area contributed by atoms with Gasteiger partial charge in [-0.2, -0.15) is 0 Å². The number of ether oxygens (including phenoxy) is 1. The summed E-state index contributed by atoms with van der Waals surface area (Å²) < 4.78 is 4.97. The molecule has 0 saturated carbocycles. The summed E-state index contributed by atoms with van der Waals surface area (Å²) >= 11 is 0. The summed E-state index contributed by atoms with van der Waals surface area (Å²) in [5.74, 6) is -1.56. The van der Waals surface area contributed by atoms with E-state index in [4.69, 9.17) is 26.4 Å². The van der Waals surface area contributed by atoms with Crippen LogP contribution < -0.4 is 16.2 Å². The molecule has 0 aliphatic rings. The van der Waals surface area contributed by atoms with Gasteiger partial charge < -0.3 is 26.4 Å². The summed E-state index contributed by atoms with van der Waals surface area (Å²) in [5.41, 5.74) is 11.5. The third-order valence-electron chi connectivity index (χ3n) is 2.71. The molecule has 110 valence electrons. The number of aliphatic hydroxyl groups is 1. The fourth-order valence-electron chi connectivity index (χ4n) is 1.42. The minimum absolute atomic E-state index is 0.177. The van der Waals surface area contributed by atoms with Crippen molar-refractivity contribution >= 4 is 11.9 Å². The molecule has 3 atom stereocenters. The van der Waals surface area contributed by atoms with Crippen LogP contribution in [0.1, 0.15) is 12.5 Å². The lowest BCUT2D eigenvalue weighted by atomic mass is 10.1. The maximum absolute atomic E-state index is 11.5. The van der Waals surface area contributed by atoms with E-state index in [9.17, 15) is 9.59 Å². The maximum Gasteiger partial charge on any atom is 0.330 e. The summed E-state index contributed by atoms with van der Waals surface area (Å²) in [5, 5.41) is 17.9. The number of nitrogens with two attached hydrogens (primary N) is 2. The molecule has 1 aromatic carbocycles. The van der Waals surface area contributed by atoms with E-state index >= 15 is 0 Å². The Kier molecular flexibility index (Phi) is 5.63. The minimum atomic E-state index is -1.12. The van der Waals surface area contributed by atoms with Crippen molar-refractivity contribution in [2.75, 3.05) is 0 Å². The fraction of sp³-hybridized carbons (Fsp3) is 0.385. The second kappa shape index (κ2) is 6.99. The summed E-state index contributed by atoms with van der Waals surface area (Å²) in [6, 6.07) is 4.15. The van der Waals surface area contributed by atoms with Crippen molar-refractivity contribution in [3.05, 3.63) is 29.8 Å². The van der Waals surface area contributed by atoms with Crippen LogP contribution >= 0.6 is 0 Å². The highest BCUT2D eigenvalue weighted by Gasteiger charge is 2.21. The molecule has 6 N–H and O–H groups in total. The first-order valence-electron chi connectivity index (χ1n) is 6.04. The van der Waals surface area contributed by atoms with Crippen molar-refractivity contribution in [2.45, 2.75) is 31.5 Å². The molecule has 0 aliphatic carbocycles. The molecular weight excluding hydrogens is 264 g/mol. The van der Waals surface area contributed by atoms with Crippen molar-refractivity contribution in [3.8, 4) is 5.75 Å². The normalized spacial score (nSPS) is 15.2. The van der Waals surface area contributed by atoms with Gasteiger partial charge in [0.25, 0.3) is 0 Å². The largest absolute Gasteiger partial charge is 0.480 e. The number of carbonyl (C=O) groups excluding carboxylic acids is 1. The molecule has 0 fully saturated rings. The monoisotopic (exact) mass is 282 g/mol. The molecule has 0 heterocycles. The molecule has 0 saturated heterocycles. The molecule has 0 bridgehead atoms. The van der Waals surface area contributed by atoms with Crippen LogP contribution in [0.3, 0.4) is 0 Å². The lowest BCUT2D eigenvalue weighted by Gasteiger charge is -2.13. The van der Waals surface area contributed by atoms with Crippen molar-refractivity contribution in [1.29, 1.82) is 0 Å². The summed E-state index contributed by atoms with van der Waals surface area (Å²) in [6.07, 6.45) is -0.827. The Labute approximate surface area is 116 Å². The first kappa shape index (κ1) is 16.1. The molecule has 0 spiro atoms. The number of carboxylic acids is 1. The van der Waals surface area contributed by atoms with Gasteiger partial charge in [-0.3, -0.25) is 4.79 Å². The Morgan fingerprint density at radius 1 is 1.25 bits per heavy atom. The summed E-state index contributed by atoms with van der Waals surface area (Å²) in [4.78, 5) is 22.1. The molecule has 7 heteroatoms. The Morgan fingerprint density at radius 3 is 2.25 bits per heavy atom. The van der Waals surface area contributed by atoms with Gasteiger partial charge in [0.1, 0.15) is 17.8 Å². The number of hydrogen-bond donors (Lipinski definition) is 4. The molecule has 0 aliphatic heterocycles. The Morgan fingerprint density at radius 2 is 1.80 bits per heavy atom. The fourth-order valence-corrected chi connectivity index (χ4v) is 1.42. The minimum Gasteiger partial charge on any atom is -0.480 e. The zero-order chi connectivity index (χ0) is 15.3. The van der Waals surface area contributed by atoms with E-state index in [-0.39, 0.29) is 12.2 Å². The number of carbonyl (C=O) groups is 2. The first-order valence-corrected chi connectivity index (χ1v) is 6.04. The average Bonchev–Trinajstić information content (AvgIpc) is 2.39. The predicted octanol–water partition coefficient (Wildman–Crippen LogP) is -0.745. The van der Waals surface area contributed by atoms with Crippen LogP contribution in [0.2, 0.25) is 0 Å². The van der Waals surface area contributed by atoms with Gasteiger partial charge in [-0.05, 0) is 31.0 Å². The number of aliphatic carboxylic acids is 1. The molecule has 0 unspecified atom stereocenters. The molecule has 1 aromatic rings. The van der Waals surface area contributed by atoms with Gasteiger partial charge in [0, 0.05) is 0 Å². The zero-order valence-corrected chi connectivity index (χ0v) is 11.0. The number of carboxylic acid groups (broad SMARTS) is 1. The van der Waals surface area contributed by atoms with Crippen molar-refractivity contribution in [1.82, 2.24) is 0 Å². The summed E-state index contributed by atoms with van der Waals surface area (Å²) in [7, 11) is 0. The molecule has 7 nitrogen and oxygen atoms in total. The van der Waals surface area contributed by atoms with Crippen LogP contribution in [0.4, 0.5) is 0 Å². The van der Waals surface area contributed by atoms with Crippen LogP contribution in [-0.2, 0) is 16.0 Å². The highest BCUT2D eigenvalue weighted by molar-refractivity contribution is 5.78. The molecule has 0 radical (unpaired) electrons. The zero-order valence-electron chi connectivity index (χ0n) is 11.0. The van der Waals surface area contributed by atoms with Gasteiger partial charge in [0.15, 0.2) is 0 Å². The van der Waals surface area contributed by atoms with E-state index in [1.165, 1.54) is 19.1 Å². The Hall–Kier alpha value is -1.96. The summed E-state index contributed by atoms with van der Waals surface area (Å²) in [6.45, 7) is 1.39. The van der Waals surface area contributed by atoms with Crippen molar-refractivity contribution in [3.63, 3.8) is 0 Å². The van der Waals surface area contributed by atoms with Crippen LogP contribution in [0.5, 0.6) is 5.75 Å². The standard InChI is InChI=1S/C13H18N2O5/c1-7(16)11(15)13(19)20-9-4-2-8(3-5-9)6-10(14)12(17)18/h2-5,7,10-11,16H,6,14-15H2,1H3,(H,17,18)/t7-,10-,11-/m0/s1. The van der Waals surface area contributed by atoms with Gasteiger partial charge in [-0.25, -0.2) is 4.79 Å². The number of benzene rings is 1. The van der Waals surface area contributed by atoms with Gasteiger partial charge in [0.05, 0.1) is 6.10 Å². The quantitative estimate of drug-likeness (QED) is 0.398. The van der Waals surface area contributed by atoms with E-state index in [1.54, 1.807) is 12.1 Å². The van der Waals surface area contributed by atoms with Crippen LogP contribution in [0, 0.1) is 0 Å². The maximum atomic E-state index is 11.5. The van der Waals surface area contributed by atoms with E-state index in [0.717, 1.165) is 0 Å². The van der Waals surface area contributed by atoms with E-state index < -0.39 is 30.1 Å². The number of esters is 1. The lowest BCUT2D eigenvalue weighted by Crippen LogP contribution is -2.42. The molecule has 1 rings (SSSR count). The van der Waals surface area contributed by atoms with E-state index in [1.807, 2.05) is 0 Å². The van der Waals surface area contributed by atoms with Crippen molar-refractivity contribution < 1.29 is 24.5 Å². The second-order valence-corrected chi connectivity index (χ2v) is 4.48. The predicted molar refractivity (Wildman–Crippen MR) is 71.0 cm³/mol. The topological polar surface area (TPSA) is 136 Å². The molecule has 20 heavy (non-hydrogen) atoms. The van der Waals surface area contributed by atoms with Crippen LogP contribution in [0.25, 0.3) is 0 Å². The second-order valence-electron chi connectivity index (χ2n) is 4.48. The van der Waals surface area contributed by atoms with Crippen molar-refractivity contribution in [2.24, 2.45) is 11.5 Å². The third kappa shape index (κ3) is 4.61. The molecule has 0 amide bonds. The Balaban J connectivity index is 2.63. The highest BCUT2D eigenvalue weighted by Crippen LogP contribution is 2.14. The Bertz CT molecular complexity index is 472. The third-order valence-corrected chi connectivity index (χ3v) is 2.71. The van der Waals surface area contributed by atoms with E-state index in [0.29, 0.717) is 5.56 Å². The smallest absolute Gasteiger partial charge is 0.330 e. The lowest BCUT2D eigenvalue weighted by molar-refractivity contribution is -0.139. The first-order chi connectivity index (χ1) is 9.31. The number of rotatable bonds is 6. The average molecular weight is 282 g/mol. The number of aliphatic hydroxyl groups excluding tert-OH is 1. The molecular formula is C13H18N2O5. The van der Waals surface area contributed by atoms with Gasteiger partial charge in [-0.1, -0.05) is 12.1 Å². The van der Waals surface area contributed by atoms with Crippen LogP contribution in [-0.4, -0.2) is 40.3 Å². The number of hydrogen-bond acceptors (Lipinski definition) is 6. The van der Waals surface area contributed by atoms with Crippen LogP contribution in [0.15, 0.2) is 24.3 Å². The van der Waals surface area contributed by atoms with E-state index in [2.05, 4.69) is 0 Å². The SMILES string of the molecule is C[C@H](O)[C@H](N)C(=O)Oc1ccc(C[C@H](N)C(=O)O)cc1. The highest BCUT2D eigenvalue weighted by atomic mass is 16.5. The van der Waals surface area contributed by atoms with Gasteiger partial charge in [-0.15, -0.1) is 0 Å². The molecule has 0 aromatic heterocycles.